The van der Waals surface area contributed by atoms with E-state index in [-0.39, 0.29) is 16.7 Å². The number of alkyl halides is 3. The summed E-state index contributed by atoms with van der Waals surface area (Å²) in [7, 11) is 2.99. The van der Waals surface area contributed by atoms with Gasteiger partial charge in [0.05, 0.1) is 25.8 Å². The smallest absolute Gasteiger partial charge is 0.507 e. The molecule has 1 fully saturated rings. The van der Waals surface area contributed by atoms with E-state index >= 15 is 0 Å². The number of hydrogen-bond acceptors (Lipinski definition) is 6. The number of benzene rings is 3. The van der Waals surface area contributed by atoms with Gasteiger partial charge in [-0.15, -0.1) is 13.2 Å². The highest BCUT2D eigenvalue weighted by Gasteiger charge is 2.47. The lowest BCUT2D eigenvalue weighted by Crippen LogP contribution is -2.29. The van der Waals surface area contributed by atoms with Crippen LogP contribution in [0.4, 0.5) is 18.9 Å². The number of rotatable bonds is 6. The van der Waals surface area contributed by atoms with Crippen LogP contribution in [0.5, 0.6) is 17.2 Å². The number of methoxy groups -OCH3 is 2. The second kappa shape index (κ2) is 10.6. The molecule has 1 aliphatic rings. The quantitative estimate of drug-likeness (QED) is 0.212. The Morgan fingerprint density at radius 3 is 2.12 bits per heavy atom. The van der Waals surface area contributed by atoms with Gasteiger partial charge in [0.2, 0.25) is 0 Å². The molecule has 1 N–H and O–H groups in total. The van der Waals surface area contributed by atoms with Crippen LogP contribution in [0.25, 0.3) is 5.76 Å². The van der Waals surface area contributed by atoms with Crippen LogP contribution < -0.4 is 19.1 Å². The van der Waals surface area contributed by atoms with Crippen molar-refractivity contribution in [2.24, 2.45) is 0 Å². The van der Waals surface area contributed by atoms with Gasteiger partial charge in [0.1, 0.15) is 23.0 Å². The largest absolute Gasteiger partial charge is 0.573 e. The fourth-order valence-electron chi connectivity index (χ4n) is 4.63. The molecule has 210 valence electrons. The number of carbonyl (C=O) groups excluding carboxylic acids is 2. The summed E-state index contributed by atoms with van der Waals surface area (Å²) in [4.78, 5) is 28.0. The zero-order valence-corrected chi connectivity index (χ0v) is 22.5. The average molecular weight is 556 g/mol. The van der Waals surface area contributed by atoms with Gasteiger partial charge in [0.15, 0.2) is 0 Å². The van der Waals surface area contributed by atoms with Gasteiger partial charge in [0.25, 0.3) is 11.7 Å². The minimum Gasteiger partial charge on any atom is -0.507 e. The predicted octanol–water partition coefficient (Wildman–Crippen LogP) is 6.53. The monoisotopic (exact) mass is 555 g/mol. The SMILES string of the molecule is COc1cccc(C2/C(=C(/O)c3ccc(OC)c(C(C)(C)C)c3)C(=O)C(=O)N2c2ccc(OC(F)(F)F)cc2)c1. The number of nitrogens with zero attached hydrogens (tertiary/aromatic N) is 1. The van der Waals surface area contributed by atoms with E-state index in [1.807, 2.05) is 20.8 Å². The molecule has 0 spiro atoms. The Morgan fingerprint density at radius 2 is 1.55 bits per heavy atom. The van der Waals surface area contributed by atoms with Gasteiger partial charge in [-0.25, -0.2) is 0 Å². The van der Waals surface area contributed by atoms with Crippen LogP contribution in [0.2, 0.25) is 0 Å². The number of anilines is 1. The van der Waals surface area contributed by atoms with E-state index in [0.29, 0.717) is 22.6 Å². The van der Waals surface area contributed by atoms with E-state index in [4.69, 9.17) is 9.47 Å². The van der Waals surface area contributed by atoms with Crippen LogP contribution >= 0.6 is 0 Å². The highest BCUT2D eigenvalue weighted by atomic mass is 19.4. The number of ketones is 1. The Morgan fingerprint density at radius 1 is 0.875 bits per heavy atom. The molecule has 0 aromatic heterocycles. The zero-order chi connectivity index (χ0) is 29.4. The second-order valence-corrected chi connectivity index (χ2v) is 10.2. The van der Waals surface area contributed by atoms with Crippen LogP contribution in [-0.4, -0.2) is 37.4 Å². The summed E-state index contributed by atoms with van der Waals surface area (Å²) in [5.41, 5.74) is 1.09. The van der Waals surface area contributed by atoms with Gasteiger partial charge in [0, 0.05) is 16.8 Å². The molecule has 0 aliphatic carbocycles. The number of aliphatic hydroxyl groups is 1. The molecule has 1 unspecified atom stereocenters. The third kappa shape index (κ3) is 5.61. The molecule has 40 heavy (non-hydrogen) atoms. The third-order valence-electron chi connectivity index (χ3n) is 6.48. The van der Waals surface area contributed by atoms with E-state index in [0.717, 1.165) is 22.6 Å². The van der Waals surface area contributed by atoms with Crippen molar-refractivity contribution in [1.29, 1.82) is 0 Å². The molecule has 1 saturated heterocycles. The number of aliphatic hydroxyl groups excluding tert-OH is 1. The molecule has 0 bridgehead atoms. The molecule has 3 aromatic rings. The molecular formula is C30H28F3NO6. The van der Waals surface area contributed by atoms with Crippen molar-refractivity contribution in [3.63, 3.8) is 0 Å². The lowest BCUT2D eigenvalue weighted by Gasteiger charge is -2.26. The molecular weight excluding hydrogens is 527 g/mol. The Balaban J connectivity index is 1.91. The van der Waals surface area contributed by atoms with Crippen molar-refractivity contribution >= 4 is 23.1 Å². The summed E-state index contributed by atoms with van der Waals surface area (Å²) < 4.78 is 52.8. The van der Waals surface area contributed by atoms with Crippen LogP contribution in [0.3, 0.4) is 0 Å². The molecule has 10 heteroatoms. The molecule has 4 rings (SSSR count). The van der Waals surface area contributed by atoms with E-state index in [1.54, 1.807) is 42.5 Å². The molecule has 0 radical (unpaired) electrons. The highest BCUT2D eigenvalue weighted by molar-refractivity contribution is 6.51. The van der Waals surface area contributed by atoms with Gasteiger partial charge >= 0.3 is 6.36 Å². The van der Waals surface area contributed by atoms with E-state index in [2.05, 4.69) is 4.74 Å². The molecule has 0 saturated carbocycles. The van der Waals surface area contributed by atoms with Crippen LogP contribution in [0.1, 0.15) is 43.5 Å². The molecule has 3 aromatic carbocycles. The standard InChI is InChI=1S/C30H28F3NO6/c1-29(2,3)22-16-18(9-14-23(22)39-5)26(35)24-25(17-7-6-8-21(15-17)38-4)34(28(37)27(24)36)19-10-12-20(13-11-19)40-30(31,32)33/h6-16,25,35H,1-5H3/b26-24-. The number of Topliss-reactive ketones (excluding diaryl/α,β-unsaturated/α-hetero) is 1. The van der Waals surface area contributed by atoms with Crippen LogP contribution in [0.15, 0.2) is 72.3 Å². The first-order valence-electron chi connectivity index (χ1n) is 12.2. The molecule has 1 atom stereocenters. The number of halogens is 3. The Bertz CT molecular complexity index is 1470. The average Bonchev–Trinajstić information content (AvgIpc) is 3.17. The summed E-state index contributed by atoms with van der Waals surface area (Å²) in [6, 6.07) is 15.0. The number of hydrogen-bond donors (Lipinski definition) is 1. The highest BCUT2D eigenvalue weighted by Crippen LogP contribution is 2.44. The van der Waals surface area contributed by atoms with Crippen molar-refractivity contribution in [1.82, 2.24) is 0 Å². The van der Waals surface area contributed by atoms with Gasteiger partial charge < -0.3 is 19.3 Å². The fraction of sp³-hybridized carbons (Fsp3) is 0.267. The Hall–Kier alpha value is -4.47. The molecule has 7 nitrogen and oxygen atoms in total. The van der Waals surface area contributed by atoms with E-state index in [9.17, 15) is 27.9 Å². The minimum absolute atomic E-state index is 0.133. The molecule has 1 amide bonds. The fourth-order valence-corrected chi connectivity index (χ4v) is 4.63. The first kappa shape index (κ1) is 28.5. The third-order valence-corrected chi connectivity index (χ3v) is 6.48. The summed E-state index contributed by atoms with van der Waals surface area (Å²) in [5.74, 6) is -1.76. The number of amides is 1. The van der Waals surface area contributed by atoms with Crippen molar-refractivity contribution in [3.05, 3.63) is 89.0 Å². The first-order valence-corrected chi connectivity index (χ1v) is 12.2. The topological polar surface area (TPSA) is 85.3 Å². The van der Waals surface area contributed by atoms with E-state index < -0.39 is 35.6 Å². The maximum atomic E-state index is 13.5. The summed E-state index contributed by atoms with van der Waals surface area (Å²) in [6.07, 6.45) is -4.89. The van der Waals surface area contributed by atoms with Crippen molar-refractivity contribution in [2.75, 3.05) is 19.1 Å². The van der Waals surface area contributed by atoms with Gasteiger partial charge in [-0.2, -0.15) is 0 Å². The minimum atomic E-state index is -4.89. The van der Waals surface area contributed by atoms with Gasteiger partial charge in [-0.3, -0.25) is 14.5 Å². The summed E-state index contributed by atoms with van der Waals surface area (Å²) in [5, 5.41) is 11.5. The zero-order valence-electron chi connectivity index (χ0n) is 22.5. The molecule has 1 heterocycles. The van der Waals surface area contributed by atoms with Crippen molar-refractivity contribution in [3.8, 4) is 17.2 Å². The van der Waals surface area contributed by atoms with Crippen LogP contribution in [0, 0.1) is 0 Å². The Labute approximate surface area is 229 Å². The Kier molecular flexibility index (Phi) is 7.56. The van der Waals surface area contributed by atoms with Crippen LogP contribution in [-0.2, 0) is 15.0 Å². The first-order chi connectivity index (χ1) is 18.7. The van der Waals surface area contributed by atoms with Crippen molar-refractivity contribution in [2.45, 2.75) is 38.6 Å². The maximum absolute atomic E-state index is 13.5. The van der Waals surface area contributed by atoms with Gasteiger partial charge in [-0.05, 0) is 65.6 Å². The molecule has 1 aliphatic heterocycles. The summed E-state index contributed by atoms with van der Waals surface area (Å²) >= 11 is 0. The lowest BCUT2D eigenvalue weighted by atomic mass is 9.84. The maximum Gasteiger partial charge on any atom is 0.573 e. The van der Waals surface area contributed by atoms with Gasteiger partial charge in [-0.1, -0.05) is 32.9 Å². The predicted molar refractivity (Wildman–Crippen MR) is 143 cm³/mol. The lowest BCUT2D eigenvalue weighted by molar-refractivity contribution is -0.274. The number of ether oxygens (including phenoxy) is 3. The second-order valence-electron chi connectivity index (χ2n) is 10.2. The van der Waals surface area contributed by atoms with Crippen molar-refractivity contribution < 1.29 is 42.1 Å². The number of carbonyl (C=O) groups is 2. The van der Waals surface area contributed by atoms with E-state index in [1.165, 1.54) is 26.4 Å². The normalized spacial score (nSPS) is 17.2. The summed E-state index contributed by atoms with van der Waals surface area (Å²) in [6.45, 7) is 5.90.